The number of nitrogens with zero attached hydrogens (tertiary/aromatic N) is 4. The Morgan fingerprint density at radius 2 is 2.09 bits per heavy atom. The lowest BCUT2D eigenvalue weighted by atomic mass is 10.4. The molecule has 3 rings (SSSR count). The van der Waals surface area contributed by atoms with Crippen LogP contribution in [0.4, 0.5) is 0 Å². The average molecular weight is 304 g/mol. The summed E-state index contributed by atoms with van der Waals surface area (Å²) < 4.78 is 1.73. The molecule has 0 spiro atoms. The third-order valence-electron chi connectivity index (χ3n) is 3.94. The van der Waals surface area contributed by atoms with Crippen LogP contribution < -0.4 is 10.9 Å². The van der Waals surface area contributed by atoms with E-state index in [2.05, 4.69) is 25.2 Å². The first-order valence-corrected chi connectivity index (χ1v) is 7.61. The minimum Gasteiger partial charge on any atom is -0.355 e. The Labute approximate surface area is 127 Å². The number of nitrogens with one attached hydrogen (secondary N) is 2. The number of fused-ring (bicyclic) bond motifs is 1. The van der Waals surface area contributed by atoms with Crippen LogP contribution in [0, 0.1) is 0 Å². The van der Waals surface area contributed by atoms with Crippen LogP contribution in [0.25, 0.3) is 11.2 Å². The van der Waals surface area contributed by atoms with E-state index in [-0.39, 0.29) is 11.5 Å². The second kappa shape index (κ2) is 6.69. The van der Waals surface area contributed by atoms with E-state index in [1.165, 1.54) is 19.2 Å². The average Bonchev–Trinajstić information content (AvgIpc) is 3.15. The zero-order chi connectivity index (χ0) is 15.4. The summed E-state index contributed by atoms with van der Waals surface area (Å²) in [7, 11) is 0. The number of H-pyrrole nitrogens is 1. The van der Waals surface area contributed by atoms with Gasteiger partial charge in [-0.05, 0) is 25.9 Å². The highest BCUT2D eigenvalue weighted by molar-refractivity contribution is 5.76. The van der Waals surface area contributed by atoms with Crippen molar-refractivity contribution >= 4 is 17.1 Å². The molecule has 1 aliphatic rings. The predicted octanol–water partition coefficient (Wildman–Crippen LogP) is -0.278. The number of likely N-dealkylation sites (tertiary alicyclic amines) is 1. The second-order valence-electron chi connectivity index (χ2n) is 5.49. The van der Waals surface area contributed by atoms with Gasteiger partial charge in [-0.3, -0.25) is 9.59 Å². The number of carbonyl (C=O) groups excluding carboxylic acids is 1. The maximum absolute atomic E-state index is 11.9. The quantitative estimate of drug-likeness (QED) is 0.765. The lowest BCUT2D eigenvalue weighted by molar-refractivity contribution is -0.121. The third kappa shape index (κ3) is 3.33. The molecule has 2 aromatic rings. The van der Waals surface area contributed by atoms with Gasteiger partial charge in [0.05, 0.1) is 12.7 Å². The van der Waals surface area contributed by atoms with Gasteiger partial charge in [-0.25, -0.2) is 9.97 Å². The van der Waals surface area contributed by atoms with Gasteiger partial charge in [0.2, 0.25) is 5.91 Å². The molecule has 0 atom stereocenters. The summed E-state index contributed by atoms with van der Waals surface area (Å²) in [4.78, 5) is 36.4. The fraction of sp³-hybridized carbons (Fsp3) is 0.571. The monoisotopic (exact) mass is 304 g/mol. The number of aromatic amines is 1. The molecule has 2 aromatic heterocycles. The molecule has 1 amide bonds. The Morgan fingerprint density at radius 3 is 2.91 bits per heavy atom. The maximum atomic E-state index is 11.9. The van der Waals surface area contributed by atoms with Crippen molar-refractivity contribution in [1.29, 1.82) is 0 Å². The van der Waals surface area contributed by atoms with Crippen molar-refractivity contribution in [3.63, 3.8) is 0 Å². The summed E-state index contributed by atoms with van der Waals surface area (Å²) >= 11 is 0. The molecule has 0 unspecified atom stereocenters. The van der Waals surface area contributed by atoms with Crippen LogP contribution >= 0.6 is 0 Å². The topological polar surface area (TPSA) is 95.9 Å². The van der Waals surface area contributed by atoms with Gasteiger partial charge in [0.25, 0.3) is 5.56 Å². The van der Waals surface area contributed by atoms with E-state index < -0.39 is 0 Å². The van der Waals surface area contributed by atoms with E-state index in [1.54, 1.807) is 10.9 Å². The molecule has 0 aliphatic carbocycles. The summed E-state index contributed by atoms with van der Waals surface area (Å²) in [6.07, 6.45) is 5.75. The van der Waals surface area contributed by atoms with Gasteiger partial charge >= 0.3 is 0 Å². The summed E-state index contributed by atoms with van der Waals surface area (Å²) in [6.45, 7) is 4.33. The molecule has 8 nitrogen and oxygen atoms in total. The smallest absolute Gasteiger partial charge is 0.278 e. The first-order valence-electron chi connectivity index (χ1n) is 7.61. The molecule has 1 saturated heterocycles. The molecule has 1 fully saturated rings. The Kier molecular flexibility index (Phi) is 4.47. The van der Waals surface area contributed by atoms with Gasteiger partial charge < -0.3 is 19.8 Å². The zero-order valence-corrected chi connectivity index (χ0v) is 12.4. The number of amides is 1. The predicted molar refractivity (Wildman–Crippen MR) is 81.4 cm³/mol. The Bertz CT molecular complexity index is 701. The highest BCUT2D eigenvalue weighted by Gasteiger charge is 2.12. The van der Waals surface area contributed by atoms with Gasteiger partial charge in [-0.15, -0.1) is 0 Å². The Hall–Kier alpha value is -2.22. The largest absolute Gasteiger partial charge is 0.355 e. The molecule has 0 radical (unpaired) electrons. The number of rotatable bonds is 6. The molecular weight excluding hydrogens is 284 g/mol. The first kappa shape index (κ1) is 14.7. The molecule has 0 bridgehead atoms. The van der Waals surface area contributed by atoms with Crippen molar-refractivity contribution < 1.29 is 4.79 Å². The number of carbonyl (C=O) groups is 1. The zero-order valence-electron chi connectivity index (χ0n) is 12.4. The van der Waals surface area contributed by atoms with E-state index in [0.29, 0.717) is 30.7 Å². The number of aromatic nitrogens is 4. The van der Waals surface area contributed by atoms with E-state index in [4.69, 9.17) is 0 Å². The van der Waals surface area contributed by atoms with Crippen LogP contribution in [-0.2, 0) is 11.3 Å². The van der Waals surface area contributed by atoms with Gasteiger partial charge in [0.15, 0.2) is 11.2 Å². The van der Waals surface area contributed by atoms with Crippen molar-refractivity contribution in [2.24, 2.45) is 0 Å². The van der Waals surface area contributed by atoms with Crippen molar-refractivity contribution in [1.82, 2.24) is 29.7 Å². The fourth-order valence-corrected chi connectivity index (χ4v) is 2.73. The summed E-state index contributed by atoms with van der Waals surface area (Å²) in [5, 5.41) is 2.93. The highest BCUT2D eigenvalue weighted by Crippen LogP contribution is 2.06. The van der Waals surface area contributed by atoms with E-state index >= 15 is 0 Å². The summed E-state index contributed by atoms with van der Waals surface area (Å²) in [5.41, 5.74) is 0.546. The Balaban J connectivity index is 1.47. The molecule has 0 aromatic carbocycles. The van der Waals surface area contributed by atoms with Gasteiger partial charge in [0.1, 0.15) is 0 Å². The van der Waals surface area contributed by atoms with Crippen LogP contribution in [0.15, 0.2) is 17.4 Å². The van der Waals surface area contributed by atoms with E-state index in [0.717, 1.165) is 19.6 Å². The van der Waals surface area contributed by atoms with Crippen LogP contribution in [0.5, 0.6) is 0 Å². The molecule has 0 saturated carbocycles. The molecule has 118 valence electrons. The van der Waals surface area contributed by atoms with Gasteiger partial charge in [-0.1, -0.05) is 0 Å². The lowest BCUT2D eigenvalue weighted by Crippen LogP contribution is -2.33. The minimum atomic E-state index is -0.265. The minimum absolute atomic E-state index is 0.00545. The second-order valence-corrected chi connectivity index (χ2v) is 5.49. The van der Waals surface area contributed by atoms with Crippen molar-refractivity contribution in [3.8, 4) is 0 Å². The van der Waals surface area contributed by atoms with Gasteiger partial charge in [0, 0.05) is 26.1 Å². The molecule has 2 N–H and O–H groups in total. The number of hydrogen-bond acceptors (Lipinski definition) is 5. The molecule has 8 heteroatoms. The summed E-state index contributed by atoms with van der Waals surface area (Å²) in [5.74, 6) is 0.00545. The third-order valence-corrected chi connectivity index (χ3v) is 3.94. The Morgan fingerprint density at radius 1 is 1.27 bits per heavy atom. The normalized spacial score (nSPS) is 15.5. The first-order chi connectivity index (χ1) is 10.7. The number of aryl methyl sites for hydroxylation is 1. The molecule has 1 aliphatic heterocycles. The van der Waals surface area contributed by atoms with Crippen molar-refractivity contribution in [3.05, 3.63) is 23.0 Å². The van der Waals surface area contributed by atoms with Crippen LogP contribution in [0.3, 0.4) is 0 Å². The standard InChI is InChI=1S/C14H20N6O2/c21-11(15-4-8-19-5-1-2-6-19)3-7-20-10-18-12-13(20)16-9-17-14(12)22/h9-10H,1-8H2,(H,15,21)(H,16,17,22). The van der Waals surface area contributed by atoms with Crippen molar-refractivity contribution in [2.45, 2.75) is 25.8 Å². The molecule has 22 heavy (non-hydrogen) atoms. The molecular formula is C14H20N6O2. The van der Waals surface area contributed by atoms with E-state index in [1.807, 2.05) is 0 Å². The SMILES string of the molecule is O=C(CCn1cnc2c(=O)[nH]cnc21)NCCN1CCCC1. The van der Waals surface area contributed by atoms with Gasteiger partial charge in [-0.2, -0.15) is 0 Å². The van der Waals surface area contributed by atoms with Crippen LogP contribution in [0.2, 0.25) is 0 Å². The van der Waals surface area contributed by atoms with E-state index in [9.17, 15) is 9.59 Å². The lowest BCUT2D eigenvalue weighted by Gasteiger charge is -2.14. The van der Waals surface area contributed by atoms with Crippen molar-refractivity contribution in [2.75, 3.05) is 26.2 Å². The van der Waals surface area contributed by atoms with Crippen LogP contribution in [-0.4, -0.2) is 56.5 Å². The highest BCUT2D eigenvalue weighted by atomic mass is 16.1. The number of hydrogen-bond donors (Lipinski definition) is 2. The summed E-state index contributed by atoms with van der Waals surface area (Å²) in [6, 6.07) is 0. The fourth-order valence-electron chi connectivity index (χ4n) is 2.73. The maximum Gasteiger partial charge on any atom is 0.278 e. The molecule has 3 heterocycles. The number of imidazole rings is 1. The van der Waals surface area contributed by atoms with Crippen LogP contribution in [0.1, 0.15) is 19.3 Å².